The summed E-state index contributed by atoms with van der Waals surface area (Å²) in [5, 5.41) is 0. The molecule has 1 aliphatic heterocycles. The molecule has 0 radical (unpaired) electrons. The van der Waals surface area contributed by atoms with Crippen molar-refractivity contribution in [3.8, 4) is 5.75 Å². The number of nitrogens with one attached hydrogen (secondary N) is 1. The number of ether oxygens (including phenoxy) is 1. The lowest BCUT2D eigenvalue weighted by atomic mass is 9.96. The number of rotatable bonds is 2. The number of hydrogen-bond acceptors (Lipinski definition) is 4. The Hall–Kier alpha value is -2.14. The summed E-state index contributed by atoms with van der Waals surface area (Å²) < 4.78 is 5.71. The van der Waals surface area contributed by atoms with Crippen LogP contribution in [0.1, 0.15) is 23.0 Å². The first-order chi connectivity index (χ1) is 9.26. The summed E-state index contributed by atoms with van der Waals surface area (Å²) in [4.78, 5) is 18.7. The fourth-order valence-electron chi connectivity index (χ4n) is 2.33. The Labute approximate surface area is 110 Å². The van der Waals surface area contributed by atoms with Crippen molar-refractivity contribution >= 4 is 0 Å². The number of aromatic nitrogens is 2. The molecule has 2 heterocycles. The SMILES string of the molecule is NCc1cc(=O)[nH]c(C2COc3ccccc3C2)n1. The fraction of sp³-hybridized carbons (Fsp3) is 0.286. The fourth-order valence-corrected chi connectivity index (χ4v) is 2.33. The minimum Gasteiger partial charge on any atom is -0.493 e. The molecule has 0 saturated carbocycles. The van der Waals surface area contributed by atoms with E-state index in [0.717, 1.165) is 17.7 Å². The van der Waals surface area contributed by atoms with Crippen LogP contribution in [0.25, 0.3) is 0 Å². The van der Waals surface area contributed by atoms with Gasteiger partial charge in [0.2, 0.25) is 0 Å². The van der Waals surface area contributed by atoms with Crippen LogP contribution in [-0.4, -0.2) is 16.6 Å². The topological polar surface area (TPSA) is 81.0 Å². The molecule has 1 unspecified atom stereocenters. The third-order valence-electron chi connectivity index (χ3n) is 3.29. The first-order valence-electron chi connectivity index (χ1n) is 6.27. The van der Waals surface area contributed by atoms with E-state index in [9.17, 15) is 4.79 Å². The van der Waals surface area contributed by atoms with Crippen molar-refractivity contribution in [3.05, 3.63) is 57.8 Å². The van der Waals surface area contributed by atoms with Crippen LogP contribution in [0.15, 0.2) is 35.1 Å². The monoisotopic (exact) mass is 257 g/mol. The van der Waals surface area contributed by atoms with Crippen molar-refractivity contribution < 1.29 is 4.74 Å². The molecule has 1 aliphatic rings. The summed E-state index contributed by atoms with van der Waals surface area (Å²) in [5.41, 5.74) is 7.13. The maximum absolute atomic E-state index is 11.6. The zero-order valence-electron chi connectivity index (χ0n) is 10.4. The highest BCUT2D eigenvalue weighted by atomic mass is 16.5. The van der Waals surface area contributed by atoms with Crippen molar-refractivity contribution in [2.24, 2.45) is 5.73 Å². The van der Waals surface area contributed by atoms with E-state index in [2.05, 4.69) is 9.97 Å². The van der Waals surface area contributed by atoms with E-state index in [4.69, 9.17) is 10.5 Å². The van der Waals surface area contributed by atoms with E-state index in [1.165, 1.54) is 6.07 Å². The molecule has 98 valence electrons. The Kier molecular flexibility index (Phi) is 3.05. The van der Waals surface area contributed by atoms with Crippen molar-refractivity contribution in [3.63, 3.8) is 0 Å². The molecule has 0 amide bonds. The molecule has 3 N–H and O–H groups in total. The molecule has 3 rings (SSSR count). The second kappa shape index (κ2) is 4.85. The van der Waals surface area contributed by atoms with Gasteiger partial charge in [0.15, 0.2) is 0 Å². The van der Waals surface area contributed by atoms with Crippen LogP contribution >= 0.6 is 0 Å². The Morgan fingerprint density at radius 1 is 1.42 bits per heavy atom. The lowest BCUT2D eigenvalue weighted by Crippen LogP contribution is -2.25. The number of H-pyrrole nitrogens is 1. The smallest absolute Gasteiger partial charge is 0.251 e. The van der Waals surface area contributed by atoms with Gasteiger partial charge in [0.05, 0.1) is 18.2 Å². The Balaban J connectivity index is 1.93. The van der Waals surface area contributed by atoms with Gasteiger partial charge in [-0.3, -0.25) is 4.79 Å². The van der Waals surface area contributed by atoms with Crippen molar-refractivity contribution in [2.45, 2.75) is 18.9 Å². The van der Waals surface area contributed by atoms with Gasteiger partial charge in [0.25, 0.3) is 5.56 Å². The predicted octanol–water partition coefficient (Wildman–Crippen LogP) is 0.947. The molecule has 5 nitrogen and oxygen atoms in total. The second-order valence-electron chi connectivity index (χ2n) is 4.65. The first kappa shape index (κ1) is 11.9. The Morgan fingerprint density at radius 3 is 3.11 bits per heavy atom. The molecule has 5 heteroatoms. The van der Waals surface area contributed by atoms with Crippen LogP contribution in [0.3, 0.4) is 0 Å². The molecule has 2 aromatic rings. The largest absolute Gasteiger partial charge is 0.493 e. The van der Waals surface area contributed by atoms with Gasteiger partial charge in [-0.05, 0) is 18.1 Å². The van der Waals surface area contributed by atoms with Crippen molar-refractivity contribution in [1.29, 1.82) is 0 Å². The molecule has 0 bridgehead atoms. The number of aromatic amines is 1. The number of hydrogen-bond donors (Lipinski definition) is 2. The van der Waals surface area contributed by atoms with Gasteiger partial charge in [0, 0.05) is 12.6 Å². The number of nitrogens with zero attached hydrogens (tertiary/aromatic N) is 1. The third kappa shape index (κ3) is 2.37. The number of fused-ring (bicyclic) bond motifs is 1. The molecule has 1 atom stereocenters. The van der Waals surface area contributed by atoms with Crippen LogP contribution < -0.4 is 16.0 Å². The molecule has 19 heavy (non-hydrogen) atoms. The van der Waals surface area contributed by atoms with E-state index in [1.54, 1.807) is 0 Å². The van der Waals surface area contributed by atoms with Gasteiger partial charge in [-0.15, -0.1) is 0 Å². The Bertz CT molecular complexity index is 651. The molecule has 1 aromatic heterocycles. The number of nitrogens with two attached hydrogens (primary N) is 1. The molecule has 0 spiro atoms. The lowest BCUT2D eigenvalue weighted by Gasteiger charge is -2.24. The third-order valence-corrected chi connectivity index (χ3v) is 3.29. The lowest BCUT2D eigenvalue weighted by molar-refractivity contribution is 0.257. The minimum atomic E-state index is -0.163. The van der Waals surface area contributed by atoms with Crippen LogP contribution in [0.5, 0.6) is 5.75 Å². The summed E-state index contributed by atoms with van der Waals surface area (Å²) in [6.45, 7) is 0.787. The summed E-state index contributed by atoms with van der Waals surface area (Å²) in [7, 11) is 0. The van der Waals surface area contributed by atoms with Gasteiger partial charge in [0.1, 0.15) is 11.6 Å². The van der Waals surface area contributed by atoms with Gasteiger partial charge in [-0.2, -0.15) is 0 Å². The quantitative estimate of drug-likeness (QED) is 0.839. The predicted molar refractivity (Wildman–Crippen MR) is 71.1 cm³/mol. The van der Waals surface area contributed by atoms with Crippen LogP contribution in [-0.2, 0) is 13.0 Å². The average molecular weight is 257 g/mol. The van der Waals surface area contributed by atoms with Gasteiger partial charge in [-0.1, -0.05) is 18.2 Å². The highest BCUT2D eigenvalue weighted by Gasteiger charge is 2.23. The van der Waals surface area contributed by atoms with Crippen LogP contribution in [0.4, 0.5) is 0 Å². The molecular weight excluding hydrogens is 242 g/mol. The molecule has 0 saturated heterocycles. The number of para-hydroxylation sites is 1. The van der Waals surface area contributed by atoms with Crippen LogP contribution in [0, 0.1) is 0 Å². The van der Waals surface area contributed by atoms with E-state index in [1.807, 2.05) is 24.3 Å². The molecular formula is C14H15N3O2. The summed E-state index contributed by atoms with van der Waals surface area (Å²) in [6.07, 6.45) is 0.813. The van der Waals surface area contributed by atoms with Crippen LogP contribution in [0.2, 0.25) is 0 Å². The summed E-state index contributed by atoms with van der Waals surface area (Å²) in [6, 6.07) is 9.36. The van der Waals surface area contributed by atoms with Gasteiger partial charge in [-0.25, -0.2) is 4.98 Å². The zero-order valence-corrected chi connectivity index (χ0v) is 10.4. The van der Waals surface area contributed by atoms with E-state index in [0.29, 0.717) is 18.1 Å². The minimum absolute atomic E-state index is 0.0640. The normalized spacial score (nSPS) is 17.6. The first-order valence-corrected chi connectivity index (χ1v) is 6.27. The maximum Gasteiger partial charge on any atom is 0.251 e. The second-order valence-corrected chi connectivity index (χ2v) is 4.65. The highest BCUT2D eigenvalue weighted by Crippen LogP contribution is 2.30. The molecule has 0 aliphatic carbocycles. The number of benzene rings is 1. The highest BCUT2D eigenvalue weighted by molar-refractivity contribution is 5.36. The van der Waals surface area contributed by atoms with E-state index < -0.39 is 0 Å². The van der Waals surface area contributed by atoms with Gasteiger partial charge < -0.3 is 15.5 Å². The maximum atomic E-state index is 11.6. The van der Waals surface area contributed by atoms with Gasteiger partial charge >= 0.3 is 0 Å². The summed E-state index contributed by atoms with van der Waals surface area (Å²) >= 11 is 0. The standard InChI is InChI=1S/C14H15N3O2/c15-7-11-6-13(18)17-14(16-11)10-5-9-3-1-2-4-12(9)19-8-10/h1-4,6,10H,5,7-8,15H2,(H,16,17,18). The summed E-state index contributed by atoms with van der Waals surface area (Å²) in [5.74, 6) is 1.63. The van der Waals surface area contributed by atoms with Crippen molar-refractivity contribution in [2.75, 3.05) is 6.61 Å². The van der Waals surface area contributed by atoms with E-state index >= 15 is 0 Å². The van der Waals surface area contributed by atoms with E-state index in [-0.39, 0.29) is 18.0 Å². The Morgan fingerprint density at radius 2 is 2.26 bits per heavy atom. The van der Waals surface area contributed by atoms with Crippen molar-refractivity contribution in [1.82, 2.24) is 9.97 Å². The average Bonchev–Trinajstić information content (AvgIpc) is 2.46. The molecule has 0 fully saturated rings. The molecule has 1 aromatic carbocycles. The zero-order chi connectivity index (χ0) is 13.2.